The first-order valence-corrected chi connectivity index (χ1v) is 7.91. The number of hydrogen-bond acceptors (Lipinski definition) is 3. The molecule has 0 saturated heterocycles. The van der Waals surface area contributed by atoms with E-state index < -0.39 is 10.0 Å². The van der Waals surface area contributed by atoms with E-state index in [4.69, 9.17) is 11.6 Å². The second kappa shape index (κ2) is 4.83. The van der Waals surface area contributed by atoms with Gasteiger partial charge in [0, 0.05) is 12.6 Å². The highest BCUT2D eigenvalue weighted by atomic mass is 35.5. The summed E-state index contributed by atoms with van der Waals surface area (Å²) in [6.45, 7) is 1.94. The molecule has 7 heteroatoms. The molecular formula is C11H18ClN3O2S. The van der Waals surface area contributed by atoms with Crippen LogP contribution in [0, 0.1) is 0 Å². The third kappa shape index (κ3) is 2.70. The number of nitrogens with one attached hydrogen (secondary N) is 1. The van der Waals surface area contributed by atoms with Crippen molar-refractivity contribution in [1.82, 2.24) is 14.3 Å². The van der Waals surface area contributed by atoms with E-state index in [0.29, 0.717) is 0 Å². The van der Waals surface area contributed by atoms with Crippen LogP contribution in [0.1, 0.15) is 39.0 Å². The van der Waals surface area contributed by atoms with Crippen molar-refractivity contribution in [3.8, 4) is 0 Å². The van der Waals surface area contributed by atoms with Crippen LogP contribution in [-0.2, 0) is 17.1 Å². The van der Waals surface area contributed by atoms with Gasteiger partial charge in [-0.25, -0.2) is 18.1 Å². The fourth-order valence-corrected chi connectivity index (χ4v) is 4.28. The van der Waals surface area contributed by atoms with Crippen molar-refractivity contribution < 1.29 is 8.42 Å². The number of hydrogen-bond donors (Lipinski definition) is 1. The molecule has 0 aromatic carbocycles. The first-order chi connectivity index (χ1) is 8.34. The van der Waals surface area contributed by atoms with Crippen molar-refractivity contribution in [3.63, 3.8) is 0 Å². The molecule has 1 N–H and O–H groups in total. The molecule has 1 aromatic rings. The molecule has 1 fully saturated rings. The van der Waals surface area contributed by atoms with Gasteiger partial charge in [-0.15, -0.1) is 0 Å². The summed E-state index contributed by atoms with van der Waals surface area (Å²) in [4.78, 5) is 3.86. The maximum Gasteiger partial charge on any atom is 0.261 e. The van der Waals surface area contributed by atoms with Crippen LogP contribution in [0.4, 0.5) is 0 Å². The minimum absolute atomic E-state index is 0.0848. The smallest absolute Gasteiger partial charge is 0.261 e. The topological polar surface area (TPSA) is 64.0 Å². The lowest BCUT2D eigenvalue weighted by atomic mass is 9.84. The first-order valence-electron chi connectivity index (χ1n) is 6.05. The molecule has 0 radical (unpaired) electrons. The number of imidazole rings is 1. The molecular weight excluding hydrogens is 274 g/mol. The molecule has 2 rings (SSSR count). The SMILES string of the molecule is Cn1cnc(S(=O)(=O)NC2(C)CCCCC2)c1Cl. The molecule has 18 heavy (non-hydrogen) atoms. The van der Waals surface area contributed by atoms with Crippen molar-refractivity contribution in [2.45, 2.75) is 49.6 Å². The van der Waals surface area contributed by atoms with Gasteiger partial charge in [0.25, 0.3) is 10.0 Å². The van der Waals surface area contributed by atoms with Crippen LogP contribution in [0.5, 0.6) is 0 Å². The largest absolute Gasteiger partial charge is 0.324 e. The summed E-state index contributed by atoms with van der Waals surface area (Å²) in [5, 5.41) is 0.0559. The highest BCUT2D eigenvalue weighted by Crippen LogP contribution is 2.30. The maximum absolute atomic E-state index is 12.3. The predicted octanol–water partition coefficient (Wildman–Crippen LogP) is 2.07. The second-order valence-corrected chi connectivity index (χ2v) is 7.13. The summed E-state index contributed by atoms with van der Waals surface area (Å²) in [6.07, 6.45) is 6.39. The molecule has 1 aliphatic rings. The standard InChI is InChI=1S/C11H18ClN3O2S/c1-11(6-4-3-5-7-11)14-18(16,17)10-9(12)15(2)8-13-10/h8,14H,3-7H2,1-2H3. The summed E-state index contributed by atoms with van der Waals surface area (Å²) >= 11 is 5.94. The Morgan fingerprint density at radius 1 is 1.39 bits per heavy atom. The van der Waals surface area contributed by atoms with Crippen molar-refractivity contribution in [2.24, 2.45) is 7.05 Å². The summed E-state index contributed by atoms with van der Waals surface area (Å²) in [6, 6.07) is 0. The van der Waals surface area contributed by atoms with Gasteiger partial charge in [0.15, 0.2) is 0 Å². The van der Waals surface area contributed by atoms with Gasteiger partial charge in [0.05, 0.1) is 6.33 Å². The van der Waals surface area contributed by atoms with Gasteiger partial charge in [-0.05, 0) is 19.8 Å². The average Bonchev–Trinajstić information content (AvgIpc) is 2.59. The van der Waals surface area contributed by atoms with Crippen LogP contribution in [0.3, 0.4) is 0 Å². The lowest BCUT2D eigenvalue weighted by Gasteiger charge is -2.33. The first kappa shape index (κ1) is 13.8. The van der Waals surface area contributed by atoms with Gasteiger partial charge in [-0.1, -0.05) is 30.9 Å². The Morgan fingerprint density at radius 3 is 2.50 bits per heavy atom. The van der Waals surface area contributed by atoms with Crippen molar-refractivity contribution in [1.29, 1.82) is 0 Å². The normalized spacial score (nSPS) is 19.9. The maximum atomic E-state index is 12.3. The van der Waals surface area contributed by atoms with Crippen LogP contribution in [0.15, 0.2) is 11.4 Å². The van der Waals surface area contributed by atoms with E-state index in [1.807, 2.05) is 6.92 Å². The van der Waals surface area contributed by atoms with Gasteiger partial charge in [-0.2, -0.15) is 0 Å². The van der Waals surface area contributed by atoms with E-state index in [-0.39, 0.29) is 15.7 Å². The highest BCUT2D eigenvalue weighted by molar-refractivity contribution is 7.89. The van der Waals surface area contributed by atoms with Crippen molar-refractivity contribution in [2.75, 3.05) is 0 Å². The molecule has 1 heterocycles. The minimum atomic E-state index is -3.64. The van der Waals surface area contributed by atoms with E-state index in [1.54, 1.807) is 7.05 Å². The minimum Gasteiger partial charge on any atom is -0.324 e. The fourth-order valence-electron chi connectivity index (χ4n) is 2.38. The van der Waals surface area contributed by atoms with E-state index in [0.717, 1.165) is 25.7 Å². The number of aryl methyl sites for hydroxylation is 1. The molecule has 0 unspecified atom stereocenters. The third-order valence-corrected chi connectivity index (χ3v) is 5.55. The molecule has 102 valence electrons. The van der Waals surface area contributed by atoms with Crippen LogP contribution in [0.25, 0.3) is 0 Å². The van der Waals surface area contributed by atoms with Gasteiger partial charge < -0.3 is 4.57 Å². The van der Waals surface area contributed by atoms with Crippen molar-refractivity contribution >= 4 is 21.6 Å². The molecule has 0 bridgehead atoms. The lowest BCUT2D eigenvalue weighted by molar-refractivity contribution is 0.293. The number of aromatic nitrogens is 2. The number of sulfonamides is 1. The van der Waals surface area contributed by atoms with Gasteiger partial charge >= 0.3 is 0 Å². The molecule has 1 aliphatic carbocycles. The van der Waals surface area contributed by atoms with E-state index in [2.05, 4.69) is 9.71 Å². The number of rotatable bonds is 3. The lowest BCUT2D eigenvalue weighted by Crippen LogP contribution is -2.47. The second-order valence-electron chi connectivity index (χ2n) is 5.18. The number of halogens is 1. The van der Waals surface area contributed by atoms with Crippen LogP contribution in [0.2, 0.25) is 5.15 Å². The Morgan fingerprint density at radius 2 is 2.00 bits per heavy atom. The highest BCUT2D eigenvalue weighted by Gasteiger charge is 2.34. The summed E-state index contributed by atoms with van der Waals surface area (Å²) < 4.78 is 28.8. The number of nitrogens with zero attached hydrogens (tertiary/aromatic N) is 2. The molecule has 1 saturated carbocycles. The zero-order valence-electron chi connectivity index (χ0n) is 10.6. The Bertz CT molecular complexity index is 532. The quantitative estimate of drug-likeness (QED) is 0.927. The van der Waals surface area contributed by atoms with Crippen molar-refractivity contribution in [3.05, 3.63) is 11.5 Å². The van der Waals surface area contributed by atoms with E-state index in [9.17, 15) is 8.42 Å². The average molecular weight is 292 g/mol. The Labute approximate surface area is 113 Å². The third-order valence-electron chi connectivity index (χ3n) is 3.43. The Kier molecular flexibility index (Phi) is 3.71. The summed E-state index contributed by atoms with van der Waals surface area (Å²) in [7, 11) is -1.98. The van der Waals surface area contributed by atoms with E-state index >= 15 is 0 Å². The molecule has 0 atom stereocenters. The van der Waals surface area contributed by atoms with Gasteiger partial charge in [0.1, 0.15) is 5.15 Å². The molecule has 0 amide bonds. The molecule has 1 aromatic heterocycles. The van der Waals surface area contributed by atoms with E-state index in [1.165, 1.54) is 17.3 Å². The molecule has 5 nitrogen and oxygen atoms in total. The zero-order valence-corrected chi connectivity index (χ0v) is 12.2. The zero-order chi connectivity index (χ0) is 13.4. The fraction of sp³-hybridized carbons (Fsp3) is 0.727. The molecule has 0 aliphatic heterocycles. The Balaban J connectivity index is 2.24. The van der Waals surface area contributed by atoms with Crippen LogP contribution < -0.4 is 4.72 Å². The van der Waals surface area contributed by atoms with Gasteiger partial charge in [-0.3, -0.25) is 0 Å². The van der Waals surface area contributed by atoms with Crippen LogP contribution >= 0.6 is 11.6 Å². The summed E-state index contributed by atoms with van der Waals surface area (Å²) in [5.41, 5.74) is -0.377. The van der Waals surface area contributed by atoms with Crippen LogP contribution in [-0.4, -0.2) is 23.5 Å². The Hall–Kier alpha value is -0.590. The molecule has 0 spiro atoms. The monoisotopic (exact) mass is 291 g/mol. The predicted molar refractivity (Wildman–Crippen MR) is 70.0 cm³/mol. The summed E-state index contributed by atoms with van der Waals surface area (Å²) in [5.74, 6) is 0. The van der Waals surface area contributed by atoms with Gasteiger partial charge in [0.2, 0.25) is 5.03 Å².